The molecule has 5 rings (SSSR count). The van der Waals surface area contributed by atoms with E-state index in [0.717, 1.165) is 35.3 Å². The summed E-state index contributed by atoms with van der Waals surface area (Å²) in [5.41, 5.74) is 3.62. The Bertz CT molecular complexity index is 1120. The quantitative estimate of drug-likeness (QED) is 0.516. The fourth-order valence-corrected chi connectivity index (χ4v) is 4.60. The number of ether oxygens (including phenoxy) is 1. The van der Waals surface area contributed by atoms with Crippen LogP contribution in [0.1, 0.15) is 11.1 Å². The van der Waals surface area contributed by atoms with E-state index in [-0.39, 0.29) is 6.61 Å². The molecule has 3 heterocycles. The van der Waals surface area contributed by atoms with Crippen LogP contribution in [0.25, 0.3) is 21.5 Å². The van der Waals surface area contributed by atoms with Crippen molar-refractivity contribution >= 4 is 21.6 Å². The van der Waals surface area contributed by atoms with Crippen LogP contribution in [-0.4, -0.2) is 41.0 Å². The second kappa shape index (κ2) is 7.99. The summed E-state index contributed by atoms with van der Waals surface area (Å²) in [5, 5.41) is 17.7. The summed E-state index contributed by atoms with van der Waals surface area (Å²) in [6.45, 7) is 2.65. The number of aliphatic hydroxyl groups excluding tert-OH is 1. The van der Waals surface area contributed by atoms with E-state index in [9.17, 15) is 5.11 Å². The number of aromatic nitrogens is 1. The van der Waals surface area contributed by atoms with Crippen molar-refractivity contribution in [3.63, 3.8) is 0 Å². The van der Waals surface area contributed by atoms with Crippen molar-refractivity contribution in [2.75, 3.05) is 19.7 Å². The van der Waals surface area contributed by atoms with Crippen LogP contribution in [0.15, 0.2) is 64.5 Å². The molecular formula is C23H22N2O3S. The van der Waals surface area contributed by atoms with Gasteiger partial charge in [-0.05, 0) is 41.1 Å². The molecule has 1 aliphatic rings. The molecule has 2 aromatic heterocycles. The maximum atomic E-state index is 10.6. The van der Waals surface area contributed by atoms with E-state index >= 15 is 0 Å². The second-order valence-electron chi connectivity index (χ2n) is 7.37. The van der Waals surface area contributed by atoms with Crippen molar-refractivity contribution in [2.24, 2.45) is 0 Å². The summed E-state index contributed by atoms with van der Waals surface area (Å²) < 4.78 is 11.6. The van der Waals surface area contributed by atoms with Crippen molar-refractivity contribution in [1.82, 2.24) is 10.1 Å². The Labute approximate surface area is 173 Å². The van der Waals surface area contributed by atoms with Crippen LogP contribution in [-0.2, 0) is 13.0 Å². The van der Waals surface area contributed by atoms with E-state index in [1.807, 2.05) is 35.7 Å². The maximum Gasteiger partial charge on any atom is 0.179 e. The summed E-state index contributed by atoms with van der Waals surface area (Å²) in [6, 6.07) is 18.3. The summed E-state index contributed by atoms with van der Waals surface area (Å²) in [7, 11) is 0. The number of fused-ring (bicyclic) bond motifs is 2. The zero-order valence-electron chi connectivity index (χ0n) is 16.0. The van der Waals surface area contributed by atoms with Gasteiger partial charge < -0.3 is 14.4 Å². The minimum absolute atomic E-state index is 0.232. The highest BCUT2D eigenvalue weighted by atomic mass is 32.1. The summed E-state index contributed by atoms with van der Waals surface area (Å²) >= 11 is 1.55. The maximum absolute atomic E-state index is 10.6. The lowest BCUT2D eigenvalue weighted by Gasteiger charge is -2.30. The Morgan fingerprint density at radius 2 is 1.93 bits per heavy atom. The van der Waals surface area contributed by atoms with Crippen molar-refractivity contribution < 1.29 is 14.4 Å². The molecule has 1 unspecified atom stereocenters. The van der Waals surface area contributed by atoms with Gasteiger partial charge in [-0.15, -0.1) is 11.3 Å². The average molecular weight is 407 g/mol. The highest BCUT2D eigenvalue weighted by Gasteiger charge is 2.20. The zero-order valence-corrected chi connectivity index (χ0v) is 16.8. The predicted octanol–water partition coefficient (Wildman–Crippen LogP) is 4.35. The zero-order chi connectivity index (χ0) is 19.6. The molecule has 0 saturated carbocycles. The third-order valence-corrected chi connectivity index (χ3v) is 6.14. The van der Waals surface area contributed by atoms with Gasteiger partial charge in [0.05, 0.1) is 10.9 Å². The molecule has 29 heavy (non-hydrogen) atoms. The second-order valence-corrected chi connectivity index (χ2v) is 8.26. The van der Waals surface area contributed by atoms with Gasteiger partial charge in [-0.25, -0.2) is 0 Å². The lowest BCUT2D eigenvalue weighted by Crippen LogP contribution is -2.38. The molecule has 1 aliphatic heterocycles. The molecule has 148 valence electrons. The van der Waals surface area contributed by atoms with Gasteiger partial charge in [0, 0.05) is 19.6 Å². The highest BCUT2D eigenvalue weighted by molar-refractivity contribution is 7.16. The molecular weight excluding hydrogens is 384 g/mol. The van der Waals surface area contributed by atoms with Gasteiger partial charge in [0.2, 0.25) is 0 Å². The van der Waals surface area contributed by atoms with Gasteiger partial charge >= 0.3 is 0 Å². The summed E-state index contributed by atoms with van der Waals surface area (Å²) in [6.07, 6.45) is 0.457. The Balaban J connectivity index is 1.25. The van der Waals surface area contributed by atoms with E-state index in [2.05, 4.69) is 34.3 Å². The fraction of sp³-hybridized carbons (Fsp3) is 0.261. The Kier molecular flexibility index (Phi) is 5.06. The average Bonchev–Trinajstić information content (AvgIpc) is 3.36. The van der Waals surface area contributed by atoms with Gasteiger partial charge in [0.15, 0.2) is 10.6 Å². The number of rotatable bonds is 6. The smallest absolute Gasteiger partial charge is 0.179 e. The molecule has 0 radical (unpaired) electrons. The molecule has 2 aromatic carbocycles. The lowest BCUT2D eigenvalue weighted by molar-refractivity contribution is 0.0639. The number of para-hydroxylation sites is 1. The van der Waals surface area contributed by atoms with Crippen LogP contribution in [0.5, 0.6) is 5.75 Å². The SMILES string of the molecule is OC(COc1ccccc1-c1onc2sccc12)CN1CCc2ccccc2C1. The van der Waals surface area contributed by atoms with Crippen LogP contribution in [0, 0.1) is 0 Å². The molecule has 6 heteroatoms. The number of hydrogen-bond donors (Lipinski definition) is 1. The molecule has 0 bridgehead atoms. The normalized spacial score (nSPS) is 15.3. The molecule has 4 aromatic rings. The van der Waals surface area contributed by atoms with E-state index in [4.69, 9.17) is 9.26 Å². The fourth-order valence-electron chi connectivity index (χ4n) is 3.90. The minimum Gasteiger partial charge on any atom is -0.490 e. The van der Waals surface area contributed by atoms with Gasteiger partial charge in [0.25, 0.3) is 0 Å². The third-order valence-electron chi connectivity index (χ3n) is 5.35. The Morgan fingerprint density at radius 3 is 2.86 bits per heavy atom. The van der Waals surface area contributed by atoms with Crippen molar-refractivity contribution in [2.45, 2.75) is 19.1 Å². The first-order chi connectivity index (χ1) is 14.3. The molecule has 0 fully saturated rings. The van der Waals surface area contributed by atoms with E-state index in [1.54, 1.807) is 11.3 Å². The molecule has 0 spiro atoms. The van der Waals surface area contributed by atoms with E-state index in [0.29, 0.717) is 18.1 Å². The standard InChI is InChI=1S/C23H22N2O3S/c26-18(14-25-11-9-16-5-1-2-6-17(16)13-25)15-27-21-8-4-3-7-19(21)22-20-10-12-29-23(20)24-28-22/h1-8,10,12,18,26H,9,11,13-15H2. The van der Waals surface area contributed by atoms with Crippen molar-refractivity contribution in [1.29, 1.82) is 0 Å². The Hall–Kier alpha value is -2.67. The number of nitrogens with zero attached hydrogens (tertiary/aromatic N) is 2. The predicted molar refractivity (Wildman–Crippen MR) is 114 cm³/mol. The number of β-amino-alcohol motifs (C(OH)–C–C–N with tert-alkyl or cyclic N) is 1. The van der Waals surface area contributed by atoms with Crippen LogP contribution < -0.4 is 4.74 Å². The topological polar surface area (TPSA) is 58.7 Å². The van der Waals surface area contributed by atoms with Crippen molar-refractivity contribution in [3.05, 3.63) is 71.1 Å². The summed E-state index contributed by atoms with van der Waals surface area (Å²) in [5.74, 6) is 1.40. The number of thiophene rings is 1. The van der Waals surface area contributed by atoms with Crippen LogP contribution >= 0.6 is 11.3 Å². The molecule has 5 nitrogen and oxygen atoms in total. The third kappa shape index (κ3) is 3.79. The first-order valence-corrected chi connectivity index (χ1v) is 10.7. The first kappa shape index (κ1) is 18.4. The van der Waals surface area contributed by atoms with E-state index < -0.39 is 6.10 Å². The van der Waals surface area contributed by atoms with Gasteiger partial charge in [-0.2, -0.15) is 0 Å². The van der Waals surface area contributed by atoms with Gasteiger partial charge in [-0.3, -0.25) is 4.90 Å². The number of aliphatic hydroxyl groups is 1. The van der Waals surface area contributed by atoms with E-state index in [1.165, 1.54) is 11.1 Å². The van der Waals surface area contributed by atoms with Crippen LogP contribution in [0.2, 0.25) is 0 Å². The van der Waals surface area contributed by atoms with Crippen molar-refractivity contribution in [3.8, 4) is 17.1 Å². The van der Waals surface area contributed by atoms with Gasteiger partial charge in [-0.1, -0.05) is 41.6 Å². The molecule has 1 N–H and O–H groups in total. The molecule has 0 saturated heterocycles. The number of hydrogen-bond acceptors (Lipinski definition) is 6. The minimum atomic E-state index is -0.566. The highest BCUT2D eigenvalue weighted by Crippen LogP contribution is 2.36. The molecule has 0 amide bonds. The molecule has 1 atom stereocenters. The monoisotopic (exact) mass is 406 g/mol. The van der Waals surface area contributed by atoms with Gasteiger partial charge in [0.1, 0.15) is 18.5 Å². The molecule has 0 aliphatic carbocycles. The largest absolute Gasteiger partial charge is 0.490 e. The van der Waals surface area contributed by atoms with Crippen LogP contribution in [0.3, 0.4) is 0 Å². The summed E-state index contributed by atoms with van der Waals surface area (Å²) in [4.78, 5) is 3.16. The Morgan fingerprint density at radius 1 is 1.10 bits per heavy atom. The van der Waals surface area contributed by atoms with Crippen LogP contribution in [0.4, 0.5) is 0 Å². The first-order valence-electron chi connectivity index (χ1n) is 9.80. The number of benzene rings is 2. The lowest BCUT2D eigenvalue weighted by atomic mass is 10.00.